The lowest BCUT2D eigenvalue weighted by Crippen LogP contribution is -2.55. The summed E-state index contributed by atoms with van der Waals surface area (Å²) >= 11 is 0. The van der Waals surface area contributed by atoms with Gasteiger partial charge in [-0.05, 0) is 80.5 Å². The van der Waals surface area contributed by atoms with Gasteiger partial charge in [-0.15, -0.1) is 0 Å². The average Bonchev–Trinajstić information content (AvgIpc) is 3.27. The highest BCUT2D eigenvalue weighted by Crippen LogP contribution is 2.51. The quantitative estimate of drug-likeness (QED) is 0.559. The maximum absolute atomic E-state index is 13.5. The molecule has 3 fully saturated rings. The third-order valence-electron chi connectivity index (χ3n) is 7.90. The van der Waals surface area contributed by atoms with E-state index in [-0.39, 0.29) is 29.7 Å². The van der Waals surface area contributed by atoms with E-state index >= 15 is 0 Å². The number of aliphatic hydroxyl groups is 1. The molecule has 3 heterocycles. The Bertz CT molecular complexity index is 1130. The fourth-order valence-electron chi connectivity index (χ4n) is 5.65. The molecular weight excluding hydrogens is 461 g/mol. The smallest absolute Gasteiger partial charge is 0.322 e. The molecule has 2 aromatic rings. The van der Waals surface area contributed by atoms with Crippen LogP contribution in [0.1, 0.15) is 62.6 Å². The summed E-state index contributed by atoms with van der Waals surface area (Å²) in [7, 11) is 0. The lowest BCUT2D eigenvalue weighted by Gasteiger charge is -2.53. The van der Waals surface area contributed by atoms with E-state index in [0.29, 0.717) is 31.8 Å². The van der Waals surface area contributed by atoms with E-state index < -0.39 is 11.2 Å². The highest BCUT2D eigenvalue weighted by molar-refractivity contribution is 5.89. The summed E-state index contributed by atoms with van der Waals surface area (Å²) in [5.41, 5.74) is 2.29. The standard InChI is InChI=1S/C28H34FN3O4/c1-26(2,35)17-30-24(33)14-28-11-9-27(10-12-28,18-36-28)21-4-7-23(8-5-21)31-25(34)32-15-19-3-6-22(29)13-20(19)16-32/h3-8,13,35H,9-12,14-18H2,1-2H3,(H,30,33)(H,31,34). The Labute approximate surface area is 211 Å². The van der Waals surface area contributed by atoms with Crippen molar-refractivity contribution in [1.82, 2.24) is 10.2 Å². The van der Waals surface area contributed by atoms with Gasteiger partial charge in [0.2, 0.25) is 5.91 Å². The zero-order valence-electron chi connectivity index (χ0n) is 20.9. The largest absolute Gasteiger partial charge is 0.389 e. The molecule has 192 valence electrons. The van der Waals surface area contributed by atoms with Crippen molar-refractivity contribution in [2.45, 2.75) is 75.7 Å². The normalized spacial score (nSPS) is 24.9. The average molecular weight is 496 g/mol. The number of carbonyl (C=O) groups excluding carboxylic acids is 2. The van der Waals surface area contributed by atoms with Gasteiger partial charge in [0.1, 0.15) is 5.82 Å². The van der Waals surface area contributed by atoms with Crippen LogP contribution in [-0.4, -0.2) is 46.3 Å². The van der Waals surface area contributed by atoms with Crippen molar-refractivity contribution in [1.29, 1.82) is 0 Å². The molecule has 3 aliphatic heterocycles. The number of rotatable bonds is 6. The molecule has 2 bridgehead atoms. The molecule has 0 spiro atoms. The van der Waals surface area contributed by atoms with Crippen molar-refractivity contribution in [3.63, 3.8) is 0 Å². The number of halogens is 1. The van der Waals surface area contributed by atoms with Gasteiger partial charge in [-0.2, -0.15) is 0 Å². The van der Waals surface area contributed by atoms with Crippen LogP contribution in [0.15, 0.2) is 42.5 Å². The second kappa shape index (κ2) is 9.16. The SMILES string of the molecule is CC(C)(O)CNC(=O)CC12CCC(c3ccc(NC(=O)N4Cc5ccc(F)cc5C4)cc3)(CC1)CO2. The second-order valence-corrected chi connectivity index (χ2v) is 11.3. The van der Waals surface area contributed by atoms with Crippen LogP contribution < -0.4 is 10.6 Å². The summed E-state index contributed by atoms with van der Waals surface area (Å²) in [5, 5.41) is 15.6. The monoisotopic (exact) mass is 495 g/mol. The van der Waals surface area contributed by atoms with E-state index in [1.165, 1.54) is 17.7 Å². The lowest BCUT2D eigenvalue weighted by atomic mass is 9.62. The van der Waals surface area contributed by atoms with Crippen molar-refractivity contribution in [2.75, 3.05) is 18.5 Å². The first-order chi connectivity index (χ1) is 17.0. The van der Waals surface area contributed by atoms with Crippen molar-refractivity contribution < 1.29 is 23.8 Å². The summed E-state index contributed by atoms with van der Waals surface area (Å²) < 4.78 is 19.8. The first kappa shape index (κ1) is 24.7. The third kappa shape index (κ3) is 5.11. The Hall–Kier alpha value is -2.97. The Morgan fingerprint density at radius 2 is 1.75 bits per heavy atom. The van der Waals surface area contributed by atoms with Crippen LogP contribution in [0.25, 0.3) is 0 Å². The minimum Gasteiger partial charge on any atom is -0.389 e. The molecule has 0 atom stereocenters. The molecule has 36 heavy (non-hydrogen) atoms. The maximum atomic E-state index is 13.5. The number of hydrogen-bond donors (Lipinski definition) is 3. The summed E-state index contributed by atoms with van der Waals surface area (Å²) in [5.74, 6) is -0.371. The van der Waals surface area contributed by atoms with Crippen molar-refractivity contribution in [3.05, 3.63) is 65.0 Å². The topological polar surface area (TPSA) is 90.9 Å². The predicted octanol–water partition coefficient (Wildman–Crippen LogP) is 4.23. The number of fused-ring (bicyclic) bond motifs is 4. The molecule has 3 N–H and O–H groups in total. The fraction of sp³-hybridized carbons (Fsp3) is 0.500. The number of hydrogen-bond acceptors (Lipinski definition) is 4. The molecule has 1 aliphatic carbocycles. The molecule has 1 saturated carbocycles. The van der Waals surface area contributed by atoms with Crippen molar-refractivity contribution >= 4 is 17.6 Å². The summed E-state index contributed by atoms with van der Waals surface area (Å²) in [6, 6.07) is 12.4. The minimum atomic E-state index is -0.938. The number of anilines is 1. The van der Waals surface area contributed by atoms with Gasteiger partial charge in [-0.1, -0.05) is 18.2 Å². The lowest BCUT2D eigenvalue weighted by molar-refractivity contribution is -0.167. The summed E-state index contributed by atoms with van der Waals surface area (Å²) in [6.07, 6.45) is 3.84. The van der Waals surface area contributed by atoms with Gasteiger partial charge in [-0.3, -0.25) is 4.79 Å². The predicted molar refractivity (Wildman–Crippen MR) is 134 cm³/mol. The van der Waals surface area contributed by atoms with E-state index in [4.69, 9.17) is 4.74 Å². The van der Waals surface area contributed by atoms with Crippen molar-refractivity contribution in [3.8, 4) is 0 Å². The van der Waals surface area contributed by atoms with Gasteiger partial charge in [0.15, 0.2) is 0 Å². The van der Waals surface area contributed by atoms with Gasteiger partial charge in [-0.25, -0.2) is 9.18 Å². The zero-order chi connectivity index (χ0) is 25.6. The van der Waals surface area contributed by atoms with Crippen molar-refractivity contribution in [2.24, 2.45) is 0 Å². The molecule has 0 radical (unpaired) electrons. The van der Waals surface area contributed by atoms with Crippen LogP contribution in [0.5, 0.6) is 0 Å². The molecule has 0 unspecified atom stereocenters. The number of urea groups is 1. The molecule has 6 rings (SSSR count). The first-order valence-electron chi connectivity index (χ1n) is 12.6. The van der Waals surface area contributed by atoms with Crippen LogP contribution in [0.4, 0.5) is 14.9 Å². The number of carbonyl (C=O) groups is 2. The minimum absolute atomic E-state index is 0.0749. The molecule has 4 aliphatic rings. The second-order valence-electron chi connectivity index (χ2n) is 11.3. The molecule has 2 aromatic carbocycles. The molecule has 8 heteroatoms. The zero-order valence-corrected chi connectivity index (χ0v) is 20.9. The number of nitrogens with one attached hydrogen (secondary N) is 2. The molecular formula is C28H34FN3O4. The Morgan fingerprint density at radius 1 is 1.06 bits per heavy atom. The number of amides is 3. The van der Waals surface area contributed by atoms with Gasteiger partial charge in [0.05, 0.1) is 24.2 Å². The van der Waals surface area contributed by atoms with Crippen LogP contribution in [-0.2, 0) is 28.0 Å². The van der Waals surface area contributed by atoms with Crippen LogP contribution in [0.2, 0.25) is 0 Å². The molecule has 2 saturated heterocycles. The van der Waals surface area contributed by atoms with Crippen LogP contribution in [0.3, 0.4) is 0 Å². The van der Waals surface area contributed by atoms with Gasteiger partial charge >= 0.3 is 6.03 Å². The third-order valence-corrected chi connectivity index (χ3v) is 7.90. The fourth-order valence-corrected chi connectivity index (χ4v) is 5.65. The Kier molecular flexibility index (Phi) is 6.29. The number of benzene rings is 2. The Morgan fingerprint density at radius 3 is 2.39 bits per heavy atom. The van der Waals surface area contributed by atoms with E-state index in [0.717, 1.165) is 36.8 Å². The van der Waals surface area contributed by atoms with Gasteiger partial charge in [0, 0.05) is 30.7 Å². The maximum Gasteiger partial charge on any atom is 0.322 e. The molecule has 3 amide bonds. The first-order valence-corrected chi connectivity index (χ1v) is 12.6. The van der Waals surface area contributed by atoms with E-state index in [2.05, 4.69) is 22.8 Å². The van der Waals surface area contributed by atoms with E-state index in [1.807, 2.05) is 12.1 Å². The van der Waals surface area contributed by atoms with Crippen LogP contribution >= 0.6 is 0 Å². The summed E-state index contributed by atoms with van der Waals surface area (Å²) in [4.78, 5) is 26.9. The number of nitrogens with zero attached hydrogens (tertiary/aromatic N) is 1. The molecule has 0 aromatic heterocycles. The Balaban J connectivity index is 1.16. The van der Waals surface area contributed by atoms with E-state index in [9.17, 15) is 19.1 Å². The van der Waals surface area contributed by atoms with Crippen LogP contribution in [0, 0.1) is 5.82 Å². The number of ether oxygens (including phenoxy) is 1. The summed E-state index contributed by atoms with van der Waals surface area (Å²) in [6.45, 7) is 4.99. The van der Waals surface area contributed by atoms with Gasteiger partial charge in [0.25, 0.3) is 0 Å². The highest BCUT2D eigenvalue weighted by atomic mass is 19.1. The van der Waals surface area contributed by atoms with E-state index in [1.54, 1.807) is 24.8 Å². The van der Waals surface area contributed by atoms with Gasteiger partial charge < -0.3 is 25.4 Å². The highest BCUT2D eigenvalue weighted by Gasteiger charge is 2.51. The molecule has 7 nitrogen and oxygen atoms in total.